The van der Waals surface area contributed by atoms with Crippen LogP contribution < -0.4 is 11.5 Å². The van der Waals surface area contributed by atoms with Crippen LogP contribution in [0.5, 0.6) is 0 Å². The van der Waals surface area contributed by atoms with Gasteiger partial charge < -0.3 is 21.1 Å². The van der Waals surface area contributed by atoms with E-state index in [-0.39, 0.29) is 18.5 Å². The normalized spacial score (nSPS) is 11.0. The van der Waals surface area contributed by atoms with Crippen molar-refractivity contribution in [3.63, 3.8) is 0 Å². The molecule has 1 unspecified atom stereocenters. The molecular weight excluding hydrogens is 302 g/mol. The first-order valence-corrected chi connectivity index (χ1v) is 7.52. The Morgan fingerprint density at radius 2 is 1.64 bits per heavy atom. The Hall–Kier alpha value is -1.30. The second-order valence-electron chi connectivity index (χ2n) is 4.53. The quantitative estimate of drug-likeness (QED) is 0.804. The first-order valence-electron chi connectivity index (χ1n) is 7.52. The summed E-state index contributed by atoms with van der Waals surface area (Å²) in [6.07, 6.45) is -0.529. The molecule has 0 spiro atoms. The lowest BCUT2D eigenvalue weighted by Crippen LogP contribution is -2.21. The fourth-order valence-electron chi connectivity index (χ4n) is 1.92. The smallest absolute Gasteiger partial charge is 0.405 e. The molecule has 0 radical (unpaired) electrons. The average molecular weight is 332 g/mol. The van der Waals surface area contributed by atoms with Crippen molar-refractivity contribution in [1.29, 1.82) is 0 Å². The van der Waals surface area contributed by atoms with Gasteiger partial charge in [-0.3, -0.25) is 0 Å². The Labute approximate surface area is 140 Å². The Bertz CT molecular complexity index is 367. The number of rotatable bonds is 7. The number of carbonyl (C=O) groups excluding carboxylic acids is 1. The second kappa shape index (κ2) is 14.6. The Kier molecular flexibility index (Phi) is 15.3. The number of carbonyl (C=O) groups is 1. The number of hydrogen-bond acceptors (Lipinski definition) is 4. The molecule has 0 aromatic heterocycles. The summed E-state index contributed by atoms with van der Waals surface area (Å²) in [5.41, 5.74) is 11.3. The number of nitrogens with two attached hydrogens (primary N) is 2. The van der Waals surface area contributed by atoms with Gasteiger partial charge >= 0.3 is 6.09 Å². The van der Waals surface area contributed by atoms with Crippen molar-refractivity contribution in [1.82, 2.24) is 4.90 Å². The predicted molar refractivity (Wildman–Crippen MR) is 94.2 cm³/mol. The van der Waals surface area contributed by atoms with Crippen molar-refractivity contribution in [3.8, 4) is 0 Å². The van der Waals surface area contributed by atoms with Gasteiger partial charge in [-0.2, -0.15) is 0 Å². The molecule has 128 valence electrons. The number of benzene rings is 1. The average Bonchev–Trinajstić information content (AvgIpc) is 2.50. The van der Waals surface area contributed by atoms with Gasteiger partial charge in [0.25, 0.3) is 0 Å². The van der Waals surface area contributed by atoms with Gasteiger partial charge in [0, 0.05) is 6.42 Å². The lowest BCUT2D eigenvalue weighted by atomic mass is 10.1. The molecular formula is C16H30ClN3O2. The van der Waals surface area contributed by atoms with Gasteiger partial charge in [-0.1, -0.05) is 51.1 Å². The Balaban J connectivity index is 0. The summed E-state index contributed by atoms with van der Waals surface area (Å²) >= 11 is 0. The summed E-state index contributed by atoms with van der Waals surface area (Å²) in [6, 6.07) is 9.41. The van der Waals surface area contributed by atoms with E-state index in [0.29, 0.717) is 13.0 Å². The van der Waals surface area contributed by atoms with Crippen molar-refractivity contribution in [2.24, 2.45) is 11.5 Å². The maximum atomic E-state index is 10.6. The van der Waals surface area contributed by atoms with Crippen LogP contribution in [0.1, 0.15) is 38.9 Å². The monoisotopic (exact) mass is 331 g/mol. The van der Waals surface area contributed by atoms with E-state index in [9.17, 15) is 4.79 Å². The van der Waals surface area contributed by atoms with E-state index in [4.69, 9.17) is 16.2 Å². The molecule has 6 heteroatoms. The van der Waals surface area contributed by atoms with E-state index in [2.05, 4.69) is 25.7 Å². The molecule has 0 fully saturated rings. The van der Waals surface area contributed by atoms with E-state index < -0.39 is 6.09 Å². The van der Waals surface area contributed by atoms with Crippen LogP contribution in [0, 0.1) is 0 Å². The van der Waals surface area contributed by atoms with Gasteiger partial charge in [-0.05, 0) is 31.7 Å². The highest BCUT2D eigenvalue weighted by atomic mass is 35.5. The molecule has 1 aromatic rings. The van der Waals surface area contributed by atoms with Crippen LogP contribution >= 0.6 is 12.4 Å². The lowest BCUT2D eigenvalue weighted by molar-refractivity contribution is 0.103. The molecule has 0 aliphatic heterocycles. The highest BCUT2D eigenvalue weighted by molar-refractivity contribution is 5.85. The van der Waals surface area contributed by atoms with Crippen molar-refractivity contribution < 1.29 is 9.53 Å². The molecule has 1 atom stereocenters. The second-order valence-corrected chi connectivity index (χ2v) is 4.53. The SMILES string of the molecule is CCN(CC)CC.Cl.NCCC(OC(N)=O)c1ccccc1. The van der Waals surface area contributed by atoms with Crippen LogP contribution in [-0.4, -0.2) is 37.2 Å². The summed E-state index contributed by atoms with van der Waals surface area (Å²) in [6.45, 7) is 10.6. The van der Waals surface area contributed by atoms with E-state index in [1.54, 1.807) is 0 Å². The zero-order valence-electron chi connectivity index (χ0n) is 13.8. The largest absolute Gasteiger partial charge is 0.441 e. The van der Waals surface area contributed by atoms with Gasteiger partial charge in [0.2, 0.25) is 0 Å². The van der Waals surface area contributed by atoms with E-state index in [1.165, 1.54) is 19.6 Å². The molecule has 0 aliphatic carbocycles. The topological polar surface area (TPSA) is 81.6 Å². The summed E-state index contributed by atoms with van der Waals surface area (Å²) in [7, 11) is 0. The van der Waals surface area contributed by atoms with Crippen molar-refractivity contribution in [3.05, 3.63) is 35.9 Å². The molecule has 0 saturated carbocycles. The number of nitrogens with zero attached hydrogens (tertiary/aromatic N) is 1. The molecule has 1 rings (SSSR count). The molecule has 1 aromatic carbocycles. The molecule has 1 amide bonds. The third kappa shape index (κ3) is 10.4. The van der Waals surface area contributed by atoms with E-state index in [1.807, 2.05) is 30.3 Å². The predicted octanol–water partition coefficient (Wildman–Crippen LogP) is 2.94. The first-order chi connectivity index (χ1) is 10.1. The lowest BCUT2D eigenvalue weighted by Gasteiger charge is -2.15. The Morgan fingerprint density at radius 1 is 1.14 bits per heavy atom. The van der Waals surface area contributed by atoms with Crippen molar-refractivity contribution >= 4 is 18.5 Å². The standard InChI is InChI=1S/C10H14N2O2.C6H15N.ClH/c11-7-6-9(14-10(12)13)8-4-2-1-3-5-8;1-4-7(5-2)6-3;/h1-5,9H,6-7,11H2,(H2,12,13);4-6H2,1-3H3;1H. The summed E-state index contributed by atoms with van der Waals surface area (Å²) in [5, 5.41) is 0. The van der Waals surface area contributed by atoms with Gasteiger partial charge in [0.1, 0.15) is 6.10 Å². The maximum Gasteiger partial charge on any atom is 0.405 e. The third-order valence-electron chi connectivity index (χ3n) is 3.20. The van der Waals surface area contributed by atoms with Crippen LogP contribution in [0.3, 0.4) is 0 Å². The fraction of sp³-hybridized carbons (Fsp3) is 0.562. The summed E-state index contributed by atoms with van der Waals surface area (Å²) < 4.78 is 4.94. The minimum absolute atomic E-state index is 0. The number of ether oxygens (including phenoxy) is 1. The van der Waals surface area contributed by atoms with Crippen LogP contribution in [0.2, 0.25) is 0 Å². The highest BCUT2D eigenvalue weighted by Gasteiger charge is 2.13. The summed E-state index contributed by atoms with van der Waals surface area (Å²) in [5.74, 6) is 0. The first kappa shape index (κ1) is 23.0. The zero-order valence-corrected chi connectivity index (χ0v) is 14.6. The molecule has 0 saturated heterocycles. The molecule has 22 heavy (non-hydrogen) atoms. The van der Waals surface area contributed by atoms with Gasteiger partial charge in [-0.25, -0.2) is 4.79 Å². The van der Waals surface area contributed by atoms with Crippen LogP contribution in [0.15, 0.2) is 30.3 Å². The maximum absolute atomic E-state index is 10.6. The van der Waals surface area contributed by atoms with E-state index in [0.717, 1.165) is 5.56 Å². The number of primary amides is 1. The number of amides is 1. The van der Waals surface area contributed by atoms with Crippen LogP contribution in [-0.2, 0) is 4.74 Å². The third-order valence-corrected chi connectivity index (χ3v) is 3.20. The fourth-order valence-corrected chi connectivity index (χ4v) is 1.92. The molecule has 5 nitrogen and oxygen atoms in total. The van der Waals surface area contributed by atoms with Gasteiger partial charge in [0.15, 0.2) is 0 Å². The molecule has 0 heterocycles. The van der Waals surface area contributed by atoms with Crippen LogP contribution in [0.25, 0.3) is 0 Å². The Morgan fingerprint density at radius 3 is 1.95 bits per heavy atom. The molecule has 0 aliphatic rings. The summed E-state index contributed by atoms with van der Waals surface area (Å²) in [4.78, 5) is 13.0. The minimum Gasteiger partial charge on any atom is -0.441 e. The van der Waals surface area contributed by atoms with Crippen LogP contribution in [0.4, 0.5) is 4.79 Å². The zero-order chi connectivity index (χ0) is 16.1. The number of hydrogen-bond donors (Lipinski definition) is 2. The minimum atomic E-state index is -0.771. The highest BCUT2D eigenvalue weighted by Crippen LogP contribution is 2.19. The van der Waals surface area contributed by atoms with E-state index >= 15 is 0 Å². The van der Waals surface area contributed by atoms with Crippen molar-refractivity contribution in [2.75, 3.05) is 26.2 Å². The van der Waals surface area contributed by atoms with Crippen molar-refractivity contribution in [2.45, 2.75) is 33.3 Å². The van der Waals surface area contributed by atoms with Gasteiger partial charge in [0.05, 0.1) is 0 Å². The molecule has 0 bridgehead atoms. The van der Waals surface area contributed by atoms with Gasteiger partial charge in [-0.15, -0.1) is 12.4 Å². The molecule has 4 N–H and O–H groups in total. The number of halogens is 1.